The molecule has 0 aliphatic heterocycles. The van der Waals surface area contributed by atoms with E-state index in [2.05, 4.69) is 53.8 Å². The van der Waals surface area contributed by atoms with E-state index < -0.39 is 10.0 Å². The van der Waals surface area contributed by atoms with Crippen LogP contribution in [0.25, 0.3) is 0 Å². The fourth-order valence-electron chi connectivity index (χ4n) is 5.08. The molecule has 0 spiro atoms. The third-order valence-electron chi connectivity index (χ3n) is 6.33. The standard InChI is InChI=1S/C23H22N2O3S2/c1-13-10-20(30(24,27)28)29-22(13)23(26)25-12-14-11-19-15-6-2-4-8-17(15)21(14)18-9-5-3-7-16(18)19/h2-10,14,19,21H,11-12H2,1H3,(H,25,26)(H2,24,27,28). The van der Waals surface area contributed by atoms with E-state index in [-0.39, 0.29) is 16.0 Å². The van der Waals surface area contributed by atoms with Gasteiger partial charge in [-0.25, -0.2) is 13.6 Å². The molecule has 30 heavy (non-hydrogen) atoms. The van der Waals surface area contributed by atoms with E-state index in [1.54, 1.807) is 6.92 Å². The molecule has 1 aromatic heterocycles. The number of nitrogens with two attached hydrogens (primary N) is 1. The molecule has 6 rings (SSSR count). The summed E-state index contributed by atoms with van der Waals surface area (Å²) in [5.41, 5.74) is 6.14. The number of amides is 1. The summed E-state index contributed by atoms with van der Waals surface area (Å²) in [6.07, 6.45) is 0.991. The summed E-state index contributed by atoms with van der Waals surface area (Å²) in [6.45, 7) is 2.28. The van der Waals surface area contributed by atoms with Crippen molar-refractivity contribution in [1.29, 1.82) is 0 Å². The normalized spacial score (nSPS) is 21.7. The SMILES string of the molecule is Cc1cc(S(N)(=O)=O)sc1C(=O)NCC1CC2c3ccccc3C1c1ccccc12. The van der Waals surface area contributed by atoms with Crippen molar-refractivity contribution >= 4 is 27.3 Å². The van der Waals surface area contributed by atoms with E-state index in [0.29, 0.717) is 28.8 Å². The Labute approximate surface area is 180 Å². The van der Waals surface area contributed by atoms with Gasteiger partial charge in [0.25, 0.3) is 5.91 Å². The number of benzene rings is 2. The number of fused-ring (bicyclic) bond motifs is 1. The maximum atomic E-state index is 12.8. The van der Waals surface area contributed by atoms with Crippen LogP contribution in [-0.2, 0) is 10.0 Å². The van der Waals surface area contributed by atoms with Gasteiger partial charge in [-0.3, -0.25) is 4.79 Å². The van der Waals surface area contributed by atoms with Crippen LogP contribution in [0.2, 0.25) is 0 Å². The predicted octanol–water partition coefficient (Wildman–Crippen LogP) is 3.73. The minimum absolute atomic E-state index is 0.0183. The molecular weight excluding hydrogens is 416 g/mol. The van der Waals surface area contributed by atoms with Gasteiger partial charge in [-0.2, -0.15) is 0 Å². The summed E-state index contributed by atoms with van der Waals surface area (Å²) < 4.78 is 23.2. The molecule has 0 fully saturated rings. The van der Waals surface area contributed by atoms with Crippen LogP contribution in [0, 0.1) is 12.8 Å². The quantitative estimate of drug-likeness (QED) is 0.650. The molecule has 2 aromatic carbocycles. The van der Waals surface area contributed by atoms with Crippen molar-refractivity contribution in [3.63, 3.8) is 0 Å². The molecule has 3 aliphatic rings. The summed E-state index contributed by atoms with van der Waals surface area (Å²) in [4.78, 5) is 13.2. The minimum atomic E-state index is -3.81. The van der Waals surface area contributed by atoms with Crippen molar-refractivity contribution in [2.75, 3.05) is 6.54 Å². The van der Waals surface area contributed by atoms with Gasteiger partial charge < -0.3 is 5.32 Å². The fourth-order valence-corrected chi connectivity index (χ4v) is 6.96. The van der Waals surface area contributed by atoms with Crippen molar-refractivity contribution in [1.82, 2.24) is 5.32 Å². The van der Waals surface area contributed by atoms with Crippen LogP contribution in [-0.4, -0.2) is 20.9 Å². The van der Waals surface area contributed by atoms with Crippen molar-refractivity contribution in [3.8, 4) is 0 Å². The summed E-state index contributed by atoms with van der Waals surface area (Å²) in [5, 5.41) is 8.27. The molecule has 1 atom stereocenters. The molecule has 1 heterocycles. The Morgan fingerprint density at radius 2 is 1.63 bits per heavy atom. The lowest BCUT2D eigenvalue weighted by atomic mass is 9.59. The molecule has 5 nitrogen and oxygen atoms in total. The molecule has 154 valence electrons. The average molecular weight is 439 g/mol. The first kappa shape index (κ1) is 19.5. The molecule has 3 N–H and O–H groups in total. The van der Waals surface area contributed by atoms with E-state index in [9.17, 15) is 13.2 Å². The molecule has 0 saturated heterocycles. The van der Waals surface area contributed by atoms with Crippen molar-refractivity contribution < 1.29 is 13.2 Å². The van der Waals surface area contributed by atoms with Crippen molar-refractivity contribution in [3.05, 3.63) is 87.3 Å². The molecule has 3 aromatic rings. The first-order valence-corrected chi connectivity index (χ1v) is 12.3. The predicted molar refractivity (Wildman–Crippen MR) is 117 cm³/mol. The van der Waals surface area contributed by atoms with Crippen LogP contribution in [0.3, 0.4) is 0 Å². The van der Waals surface area contributed by atoms with Gasteiger partial charge >= 0.3 is 0 Å². The molecule has 7 heteroatoms. The van der Waals surface area contributed by atoms with Crippen LogP contribution in [0.5, 0.6) is 0 Å². The van der Waals surface area contributed by atoms with Gasteiger partial charge in [-0.05, 0) is 53.1 Å². The molecule has 0 saturated carbocycles. The topological polar surface area (TPSA) is 89.3 Å². The number of hydrogen-bond acceptors (Lipinski definition) is 4. The highest BCUT2D eigenvalue weighted by Crippen LogP contribution is 2.55. The largest absolute Gasteiger partial charge is 0.351 e. The summed E-state index contributed by atoms with van der Waals surface area (Å²) >= 11 is 0.929. The number of carbonyl (C=O) groups excluding carboxylic acids is 1. The third-order valence-corrected chi connectivity index (χ3v) is 8.99. The highest BCUT2D eigenvalue weighted by molar-refractivity contribution is 7.91. The van der Waals surface area contributed by atoms with Crippen LogP contribution < -0.4 is 10.5 Å². The van der Waals surface area contributed by atoms with E-state index >= 15 is 0 Å². The Balaban J connectivity index is 1.41. The third kappa shape index (κ3) is 3.09. The second kappa shape index (κ2) is 7.04. The number of carbonyl (C=O) groups is 1. The average Bonchev–Trinajstić information content (AvgIpc) is 3.14. The number of aryl methyl sites for hydroxylation is 1. The van der Waals surface area contributed by atoms with E-state index in [0.717, 1.165) is 17.8 Å². The molecular formula is C23H22N2O3S2. The van der Waals surface area contributed by atoms with E-state index in [4.69, 9.17) is 5.14 Å². The molecule has 1 unspecified atom stereocenters. The number of thiophene rings is 1. The zero-order valence-electron chi connectivity index (χ0n) is 16.5. The van der Waals surface area contributed by atoms with Gasteiger partial charge in [0.1, 0.15) is 4.21 Å². The van der Waals surface area contributed by atoms with Crippen LogP contribution in [0.1, 0.15) is 55.7 Å². The summed E-state index contributed by atoms with van der Waals surface area (Å²) in [5.74, 6) is 0.658. The van der Waals surface area contributed by atoms with E-state index in [1.165, 1.54) is 28.3 Å². The molecule has 1 amide bonds. The Morgan fingerprint density at radius 3 is 2.17 bits per heavy atom. The summed E-state index contributed by atoms with van der Waals surface area (Å²) in [7, 11) is -3.81. The molecule has 2 bridgehead atoms. The van der Waals surface area contributed by atoms with Gasteiger partial charge in [-0.15, -0.1) is 11.3 Å². The Hall–Kier alpha value is -2.48. The first-order valence-electron chi connectivity index (χ1n) is 9.93. The van der Waals surface area contributed by atoms with E-state index in [1.807, 2.05) is 0 Å². The maximum absolute atomic E-state index is 12.8. The van der Waals surface area contributed by atoms with Crippen molar-refractivity contribution in [2.24, 2.45) is 11.1 Å². The number of hydrogen-bond donors (Lipinski definition) is 2. The molecule has 0 radical (unpaired) electrons. The Kier molecular flexibility index (Phi) is 4.57. The van der Waals surface area contributed by atoms with Gasteiger partial charge in [0, 0.05) is 18.4 Å². The lowest BCUT2D eigenvalue weighted by Crippen LogP contribution is -2.39. The van der Waals surface area contributed by atoms with Crippen molar-refractivity contribution in [2.45, 2.75) is 29.4 Å². The Morgan fingerprint density at radius 1 is 1.07 bits per heavy atom. The fraction of sp³-hybridized carbons (Fsp3) is 0.261. The van der Waals surface area contributed by atoms with Gasteiger partial charge in [0.2, 0.25) is 10.0 Å². The maximum Gasteiger partial charge on any atom is 0.261 e. The smallest absolute Gasteiger partial charge is 0.261 e. The van der Waals surface area contributed by atoms with Gasteiger partial charge in [0.05, 0.1) is 4.88 Å². The summed E-state index contributed by atoms with van der Waals surface area (Å²) in [6, 6.07) is 18.7. The lowest BCUT2D eigenvalue weighted by molar-refractivity contribution is 0.0946. The zero-order chi connectivity index (χ0) is 21.0. The number of nitrogens with one attached hydrogen (secondary N) is 1. The second-order valence-electron chi connectivity index (χ2n) is 8.12. The number of sulfonamides is 1. The minimum Gasteiger partial charge on any atom is -0.351 e. The van der Waals surface area contributed by atoms with Crippen LogP contribution in [0.4, 0.5) is 0 Å². The molecule has 3 aliphatic carbocycles. The van der Waals surface area contributed by atoms with Gasteiger partial charge in [0.15, 0.2) is 0 Å². The highest BCUT2D eigenvalue weighted by Gasteiger charge is 2.42. The van der Waals surface area contributed by atoms with Gasteiger partial charge in [-0.1, -0.05) is 48.5 Å². The number of primary sulfonamides is 1. The lowest BCUT2D eigenvalue weighted by Gasteiger charge is -2.45. The second-order valence-corrected chi connectivity index (χ2v) is 11.0. The van der Waals surface area contributed by atoms with Crippen LogP contribution in [0.15, 0.2) is 58.8 Å². The number of rotatable bonds is 4. The van der Waals surface area contributed by atoms with Crippen LogP contribution >= 0.6 is 11.3 Å². The first-order chi connectivity index (χ1) is 14.3. The zero-order valence-corrected chi connectivity index (χ0v) is 18.1. The Bertz CT molecular complexity index is 1220. The highest BCUT2D eigenvalue weighted by atomic mass is 32.2. The monoisotopic (exact) mass is 438 g/mol.